The van der Waals surface area contributed by atoms with Crippen molar-refractivity contribution in [2.24, 2.45) is 7.05 Å². The molecule has 5 nitrogen and oxygen atoms in total. The monoisotopic (exact) mass is 203 g/mol. The lowest BCUT2D eigenvalue weighted by molar-refractivity contribution is 0.610. The van der Waals surface area contributed by atoms with E-state index < -0.39 is 0 Å². The Morgan fingerprint density at radius 2 is 2.07 bits per heavy atom. The van der Waals surface area contributed by atoms with E-state index in [9.17, 15) is 0 Å². The summed E-state index contributed by atoms with van der Waals surface area (Å²) in [5.41, 5.74) is 0.922. The van der Waals surface area contributed by atoms with Crippen molar-refractivity contribution in [3.05, 3.63) is 42.2 Å². The first-order chi connectivity index (χ1) is 7.31. The van der Waals surface area contributed by atoms with Crippen LogP contribution in [0, 0.1) is 0 Å². The van der Waals surface area contributed by atoms with Crippen LogP contribution in [0.15, 0.2) is 30.7 Å². The summed E-state index contributed by atoms with van der Waals surface area (Å²) in [7, 11) is 3.76. The van der Waals surface area contributed by atoms with Gasteiger partial charge >= 0.3 is 0 Å². The Labute approximate surface area is 88.2 Å². The van der Waals surface area contributed by atoms with Crippen molar-refractivity contribution in [1.82, 2.24) is 25.1 Å². The van der Waals surface area contributed by atoms with Crippen molar-refractivity contribution in [1.29, 1.82) is 0 Å². The molecular weight excluding hydrogens is 190 g/mol. The zero-order valence-electron chi connectivity index (χ0n) is 8.75. The van der Waals surface area contributed by atoms with E-state index in [1.165, 1.54) is 0 Å². The third-order valence-electron chi connectivity index (χ3n) is 2.16. The number of hydrogen-bond donors (Lipinski definition) is 1. The Hall–Kier alpha value is -1.75. The van der Waals surface area contributed by atoms with E-state index in [0.29, 0.717) is 0 Å². The molecule has 2 aromatic rings. The van der Waals surface area contributed by atoms with Crippen molar-refractivity contribution >= 4 is 0 Å². The zero-order valence-corrected chi connectivity index (χ0v) is 8.75. The molecule has 0 saturated carbocycles. The summed E-state index contributed by atoms with van der Waals surface area (Å²) < 4.78 is 1.77. The van der Waals surface area contributed by atoms with Crippen LogP contribution in [0.2, 0.25) is 0 Å². The summed E-state index contributed by atoms with van der Waals surface area (Å²) in [5.74, 6) is 0.735. The summed E-state index contributed by atoms with van der Waals surface area (Å²) >= 11 is 0. The molecule has 0 aromatic carbocycles. The smallest absolute Gasteiger partial charge is 0.151 e. The maximum atomic E-state index is 4.33. The molecule has 2 aromatic heterocycles. The zero-order chi connectivity index (χ0) is 10.7. The van der Waals surface area contributed by atoms with Crippen LogP contribution < -0.4 is 5.32 Å². The molecule has 0 saturated heterocycles. The van der Waals surface area contributed by atoms with Gasteiger partial charge in [0.1, 0.15) is 6.04 Å². The van der Waals surface area contributed by atoms with Crippen LogP contribution >= 0.6 is 0 Å². The van der Waals surface area contributed by atoms with Crippen LogP contribution in [-0.2, 0) is 7.05 Å². The summed E-state index contributed by atoms with van der Waals surface area (Å²) in [6.07, 6.45) is 5.37. The first kappa shape index (κ1) is 9.79. The lowest BCUT2D eigenvalue weighted by Crippen LogP contribution is -2.20. The molecule has 5 heteroatoms. The molecule has 2 rings (SSSR count). The van der Waals surface area contributed by atoms with E-state index in [-0.39, 0.29) is 6.04 Å². The van der Waals surface area contributed by atoms with Gasteiger partial charge in [-0.2, -0.15) is 5.10 Å². The van der Waals surface area contributed by atoms with Gasteiger partial charge in [0.05, 0.1) is 5.69 Å². The van der Waals surface area contributed by atoms with Crippen LogP contribution in [-0.4, -0.2) is 26.8 Å². The minimum atomic E-state index is -0.0487. The Morgan fingerprint density at radius 3 is 2.60 bits per heavy atom. The number of aromatic nitrogens is 4. The number of rotatable bonds is 3. The second-order valence-electron chi connectivity index (χ2n) is 3.24. The Bertz CT molecular complexity index is 422. The van der Waals surface area contributed by atoms with E-state index in [0.717, 1.165) is 11.5 Å². The highest BCUT2D eigenvalue weighted by atomic mass is 15.3. The lowest BCUT2D eigenvalue weighted by Gasteiger charge is -2.11. The number of hydrogen-bond acceptors (Lipinski definition) is 4. The third kappa shape index (κ3) is 2.02. The van der Waals surface area contributed by atoms with Crippen LogP contribution in [0.5, 0.6) is 0 Å². The van der Waals surface area contributed by atoms with Gasteiger partial charge in [-0.1, -0.05) is 0 Å². The topological polar surface area (TPSA) is 55.6 Å². The average molecular weight is 203 g/mol. The largest absolute Gasteiger partial charge is 0.305 e. The molecule has 15 heavy (non-hydrogen) atoms. The summed E-state index contributed by atoms with van der Waals surface area (Å²) in [6.45, 7) is 0. The van der Waals surface area contributed by atoms with Crippen molar-refractivity contribution in [3.8, 4) is 0 Å². The molecule has 0 aliphatic rings. The predicted octanol–water partition coefficient (Wildman–Crippen LogP) is 0.519. The molecule has 0 fully saturated rings. The summed E-state index contributed by atoms with van der Waals surface area (Å²) in [6, 6.07) is 3.71. The van der Waals surface area contributed by atoms with Crippen molar-refractivity contribution in [3.63, 3.8) is 0 Å². The number of nitrogens with one attached hydrogen (secondary N) is 1. The molecule has 2 heterocycles. The van der Waals surface area contributed by atoms with Crippen LogP contribution in [0.3, 0.4) is 0 Å². The van der Waals surface area contributed by atoms with Gasteiger partial charge in [0.25, 0.3) is 0 Å². The predicted molar refractivity (Wildman–Crippen MR) is 56.1 cm³/mol. The van der Waals surface area contributed by atoms with Gasteiger partial charge < -0.3 is 5.32 Å². The first-order valence-corrected chi connectivity index (χ1v) is 4.75. The molecule has 1 atom stereocenters. The van der Waals surface area contributed by atoms with Gasteiger partial charge in [0.2, 0.25) is 0 Å². The van der Waals surface area contributed by atoms with Gasteiger partial charge in [-0.3, -0.25) is 4.68 Å². The fraction of sp³-hybridized carbons (Fsp3) is 0.300. The Balaban J connectivity index is 2.33. The van der Waals surface area contributed by atoms with Crippen LogP contribution in [0.1, 0.15) is 17.6 Å². The maximum Gasteiger partial charge on any atom is 0.151 e. The molecule has 0 radical (unpaired) electrons. The normalized spacial score (nSPS) is 12.7. The van der Waals surface area contributed by atoms with E-state index in [2.05, 4.69) is 20.4 Å². The Kier molecular flexibility index (Phi) is 2.73. The van der Waals surface area contributed by atoms with E-state index in [1.807, 2.05) is 26.4 Å². The minimum Gasteiger partial charge on any atom is -0.305 e. The van der Waals surface area contributed by atoms with Crippen molar-refractivity contribution in [2.75, 3.05) is 7.05 Å². The molecule has 0 aliphatic carbocycles. The fourth-order valence-electron chi connectivity index (χ4n) is 1.46. The second-order valence-corrected chi connectivity index (χ2v) is 3.24. The number of aryl methyl sites for hydroxylation is 1. The van der Waals surface area contributed by atoms with Gasteiger partial charge in [-0.25, -0.2) is 9.97 Å². The third-order valence-corrected chi connectivity index (χ3v) is 2.16. The highest BCUT2D eigenvalue weighted by Crippen LogP contribution is 2.14. The minimum absolute atomic E-state index is 0.0487. The van der Waals surface area contributed by atoms with Crippen LogP contribution in [0.4, 0.5) is 0 Å². The maximum absolute atomic E-state index is 4.33. The summed E-state index contributed by atoms with van der Waals surface area (Å²) in [4.78, 5) is 8.43. The standard InChI is InChI=1S/C10H13N5/c1-11-9(8-4-7-15(2)14-8)10-12-5-3-6-13-10/h3-7,9,11H,1-2H3. The second kappa shape index (κ2) is 4.18. The van der Waals surface area contributed by atoms with E-state index in [1.54, 1.807) is 23.1 Å². The molecule has 0 bridgehead atoms. The lowest BCUT2D eigenvalue weighted by atomic mass is 10.2. The number of nitrogens with zero attached hydrogens (tertiary/aromatic N) is 4. The molecule has 0 amide bonds. The van der Waals surface area contributed by atoms with Crippen molar-refractivity contribution < 1.29 is 0 Å². The summed E-state index contributed by atoms with van der Waals surface area (Å²) in [5, 5.41) is 7.48. The highest BCUT2D eigenvalue weighted by molar-refractivity contribution is 5.15. The van der Waals surface area contributed by atoms with Crippen LogP contribution in [0.25, 0.3) is 0 Å². The highest BCUT2D eigenvalue weighted by Gasteiger charge is 2.16. The first-order valence-electron chi connectivity index (χ1n) is 4.75. The fourth-order valence-corrected chi connectivity index (χ4v) is 1.46. The molecule has 0 aliphatic heterocycles. The van der Waals surface area contributed by atoms with Gasteiger partial charge in [0.15, 0.2) is 5.82 Å². The van der Waals surface area contributed by atoms with Gasteiger partial charge in [-0.05, 0) is 19.2 Å². The molecule has 1 N–H and O–H groups in total. The van der Waals surface area contributed by atoms with Crippen molar-refractivity contribution in [2.45, 2.75) is 6.04 Å². The molecule has 0 spiro atoms. The quantitative estimate of drug-likeness (QED) is 0.790. The van der Waals surface area contributed by atoms with E-state index in [4.69, 9.17) is 0 Å². The molecular formula is C10H13N5. The SMILES string of the molecule is CNC(c1ccn(C)n1)c1ncccn1. The van der Waals surface area contributed by atoms with E-state index >= 15 is 0 Å². The molecule has 1 unspecified atom stereocenters. The van der Waals surface area contributed by atoms with Gasteiger partial charge in [-0.15, -0.1) is 0 Å². The Morgan fingerprint density at radius 1 is 1.33 bits per heavy atom. The van der Waals surface area contributed by atoms with Gasteiger partial charge in [0, 0.05) is 25.6 Å². The molecule has 78 valence electrons. The average Bonchev–Trinajstić information content (AvgIpc) is 2.68.